The highest BCUT2D eigenvalue weighted by molar-refractivity contribution is 7.10. The van der Waals surface area contributed by atoms with E-state index in [1.165, 1.54) is 10.4 Å². The zero-order chi connectivity index (χ0) is 13.7. The predicted molar refractivity (Wildman–Crippen MR) is 77.3 cm³/mol. The van der Waals surface area contributed by atoms with E-state index >= 15 is 0 Å². The Hall–Kier alpha value is -0.910. The molecule has 1 aliphatic rings. The third kappa shape index (κ3) is 3.55. The van der Waals surface area contributed by atoms with Crippen molar-refractivity contribution in [1.29, 1.82) is 0 Å². The number of carbonyl (C=O) groups is 1. The molecule has 2 heterocycles. The molecular formula is C14H22N2O2S. The van der Waals surface area contributed by atoms with Gasteiger partial charge in [-0.25, -0.2) is 0 Å². The highest BCUT2D eigenvalue weighted by atomic mass is 32.1. The van der Waals surface area contributed by atoms with Crippen molar-refractivity contribution >= 4 is 17.2 Å². The first-order valence-corrected chi connectivity index (χ1v) is 7.78. The summed E-state index contributed by atoms with van der Waals surface area (Å²) in [5, 5.41) is 8.43. The molecule has 1 fully saturated rings. The van der Waals surface area contributed by atoms with Crippen LogP contribution in [0.4, 0.5) is 0 Å². The minimum atomic E-state index is -0.0648. The van der Waals surface area contributed by atoms with Crippen LogP contribution in [0.25, 0.3) is 0 Å². The van der Waals surface area contributed by atoms with Crippen molar-refractivity contribution < 1.29 is 9.53 Å². The molecule has 2 atom stereocenters. The molecule has 0 aromatic carbocycles. The summed E-state index contributed by atoms with van der Waals surface area (Å²) in [4.78, 5) is 13.5. The van der Waals surface area contributed by atoms with Crippen LogP contribution in [0.2, 0.25) is 0 Å². The summed E-state index contributed by atoms with van der Waals surface area (Å²) in [6, 6.07) is 2.28. The molecule has 0 radical (unpaired) electrons. The van der Waals surface area contributed by atoms with Crippen molar-refractivity contribution in [1.82, 2.24) is 10.6 Å². The van der Waals surface area contributed by atoms with Crippen LogP contribution in [-0.4, -0.2) is 31.7 Å². The third-order valence-corrected chi connectivity index (χ3v) is 4.49. The van der Waals surface area contributed by atoms with Crippen molar-refractivity contribution in [2.75, 3.05) is 19.8 Å². The Morgan fingerprint density at radius 2 is 2.32 bits per heavy atom. The van der Waals surface area contributed by atoms with Gasteiger partial charge < -0.3 is 15.4 Å². The molecule has 1 aromatic rings. The number of likely N-dealkylation sites (N-methyl/N-ethyl adjacent to an activating group) is 1. The molecule has 106 valence electrons. The lowest BCUT2D eigenvalue weighted by Crippen LogP contribution is -2.43. The molecule has 2 N–H and O–H groups in total. The molecule has 5 heteroatoms. The zero-order valence-corrected chi connectivity index (χ0v) is 12.4. The van der Waals surface area contributed by atoms with E-state index in [9.17, 15) is 4.79 Å². The summed E-state index contributed by atoms with van der Waals surface area (Å²) in [6.07, 6.45) is 1.02. The Morgan fingerprint density at radius 1 is 1.47 bits per heavy atom. The summed E-state index contributed by atoms with van der Waals surface area (Å²) in [6.45, 7) is 6.84. The number of thiophene rings is 1. The number of amides is 1. The van der Waals surface area contributed by atoms with Gasteiger partial charge in [0.2, 0.25) is 5.91 Å². The smallest absolute Gasteiger partial charge is 0.227 e. The molecule has 0 saturated carbocycles. The number of aryl methyl sites for hydroxylation is 1. The molecule has 0 spiro atoms. The molecule has 1 saturated heterocycles. The topological polar surface area (TPSA) is 50.4 Å². The normalized spacial score (nSPS) is 22.6. The van der Waals surface area contributed by atoms with E-state index in [-0.39, 0.29) is 17.9 Å². The minimum Gasteiger partial charge on any atom is -0.379 e. The molecular weight excluding hydrogens is 260 g/mol. The van der Waals surface area contributed by atoms with Gasteiger partial charge in [-0.1, -0.05) is 13.8 Å². The Labute approximate surface area is 118 Å². The van der Waals surface area contributed by atoms with Crippen molar-refractivity contribution in [3.63, 3.8) is 0 Å². The monoisotopic (exact) mass is 282 g/mol. The highest BCUT2D eigenvalue weighted by Crippen LogP contribution is 2.18. The van der Waals surface area contributed by atoms with E-state index in [2.05, 4.69) is 29.0 Å². The Balaban J connectivity index is 1.87. The van der Waals surface area contributed by atoms with Crippen molar-refractivity contribution in [3.8, 4) is 0 Å². The molecule has 2 rings (SSSR count). The fourth-order valence-electron chi connectivity index (χ4n) is 2.41. The standard InChI is InChI=1S/C14H22N2O2S/c1-3-10-5-6-19-13(10)7-16-14(17)11-8-18-9-12(11)15-4-2/h5-6,11-12,15H,3-4,7-9H2,1-2H3,(H,16,17). The van der Waals surface area contributed by atoms with Crippen LogP contribution >= 0.6 is 11.3 Å². The Morgan fingerprint density at radius 3 is 3.05 bits per heavy atom. The second kappa shape index (κ2) is 7.03. The fraction of sp³-hybridized carbons (Fsp3) is 0.643. The van der Waals surface area contributed by atoms with Crippen LogP contribution in [0.5, 0.6) is 0 Å². The van der Waals surface area contributed by atoms with Crippen LogP contribution in [0, 0.1) is 5.92 Å². The van der Waals surface area contributed by atoms with Gasteiger partial charge in [0.05, 0.1) is 25.7 Å². The summed E-state index contributed by atoms with van der Waals surface area (Å²) >= 11 is 1.71. The molecule has 0 aliphatic carbocycles. The largest absolute Gasteiger partial charge is 0.379 e. The molecule has 0 bridgehead atoms. The highest BCUT2D eigenvalue weighted by Gasteiger charge is 2.33. The van der Waals surface area contributed by atoms with Gasteiger partial charge in [0.1, 0.15) is 0 Å². The van der Waals surface area contributed by atoms with Crippen LogP contribution < -0.4 is 10.6 Å². The van der Waals surface area contributed by atoms with Crippen LogP contribution in [0.15, 0.2) is 11.4 Å². The number of hydrogen-bond acceptors (Lipinski definition) is 4. The Bertz CT molecular complexity index is 419. The van der Waals surface area contributed by atoms with E-state index in [0.717, 1.165) is 13.0 Å². The molecule has 1 aromatic heterocycles. The second-order valence-corrected chi connectivity index (χ2v) is 5.75. The molecule has 1 amide bonds. The van der Waals surface area contributed by atoms with Crippen molar-refractivity contribution in [2.45, 2.75) is 32.9 Å². The third-order valence-electron chi connectivity index (χ3n) is 3.53. The summed E-state index contributed by atoms with van der Waals surface area (Å²) in [7, 11) is 0. The number of rotatable bonds is 6. The van der Waals surface area contributed by atoms with Gasteiger partial charge in [-0.3, -0.25) is 4.79 Å². The van der Waals surface area contributed by atoms with E-state index in [1.54, 1.807) is 11.3 Å². The van der Waals surface area contributed by atoms with Gasteiger partial charge in [-0.15, -0.1) is 11.3 Å². The van der Waals surface area contributed by atoms with E-state index in [1.807, 2.05) is 6.92 Å². The summed E-state index contributed by atoms with van der Waals surface area (Å²) < 4.78 is 5.40. The zero-order valence-electron chi connectivity index (χ0n) is 11.6. The van der Waals surface area contributed by atoms with Gasteiger partial charge in [0, 0.05) is 10.9 Å². The van der Waals surface area contributed by atoms with E-state index in [0.29, 0.717) is 19.8 Å². The first-order valence-electron chi connectivity index (χ1n) is 6.90. The predicted octanol–water partition coefficient (Wildman–Crippen LogP) is 1.55. The Kier molecular flexibility index (Phi) is 5.36. The van der Waals surface area contributed by atoms with Gasteiger partial charge in [-0.05, 0) is 30.0 Å². The number of ether oxygens (including phenoxy) is 1. The van der Waals surface area contributed by atoms with E-state index in [4.69, 9.17) is 4.74 Å². The van der Waals surface area contributed by atoms with Gasteiger partial charge in [0.15, 0.2) is 0 Å². The fourth-order valence-corrected chi connectivity index (χ4v) is 3.33. The lowest BCUT2D eigenvalue weighted by Gasteiger charge is -2.17. The molecule has 4 nitrogen and oxygen atoms in total. The second-order valence-electron chi connectivity index (χ2n) is 4.75. The average Bonchev–Trinajstić information content (AvgIpc) is 3.04. The van der Waals surface area contributed by atoms with E-state index < -0.39 is 0 Å². The number of carbonyl (C=O) groups excluding carboxylic acids is 1. The van der Waals surface area contributed by atoms with Gasteiger partial charge >= 0.3 is 0 Å². The van der Waals surface area contributed by atoms with Crippen LogP contribution in [0.1, 0.15) is 24.3 Å². The molecule has 2 unspecified atom stereocenters. The minimum absolute atomic E-state index is 0.0648. The number of hydrogen-bond donors (Lipinski definition) is 2. The maximum absolute atomic E-state index is 12.2. The van der Waals surface area contributed by atoms with Crippen LogP contribution in [0.3, 0.4) is 0 Å². The van der Waals surface area contributed by atoms with Gasteiger partial charge in [-0.2, -0.15) is 0 Å². The van der Waals surface area contributed by atoms with Crippen LogP contribution in [-0.2, 0) is 22.5 Å². The summed E-state index contributed by atoms with van der Waals surface area (Å²) in [5.41, 5.74) is 1.33. The maximum Gasteiger partial charge on any atom is 0.227 e. The average molecular weight is 282 g/mol. The lowest BCUT2D eigenvalue weighted by atomic mass is 10.0. The maximum atomic E-state index is 12.2. The van der Waals surface area contributed by atoms with Gasteiger partial charge in [0.25, 0.3) is 0 Å². The quantitative estimate of drug-likeness (QED) is 0.832. The first kappa shape index (κ1) is 14.5. The number of nitrogens with one attached hydrogen (secondary N) is 2. The molecule has 1 aliphatic heterocycles. The SMILES string of the molecule is CCNC1COCC1C(=O)NCc1sccc1CC. The van der Waals surface area contributed by atoms with Crippen molar-refractivity contribution in [2.24, 2.45) is 5.92 Å². The summed E-state index contributed by atoms with van der Waals surface area (Å²) in [5.74, 6) is 0.0314. The first-order chi connectivity index (χ1) is 9.26. The van der Waals surface area contributed by atoms with Crippen molar-refractivity contribution in [3.05, 3.63) is 21.9 Å². The molecule has 19 heavy (non-hydrogen) atoms. The lowest BCUT2D eigenvalue weighted by molar-refractivity contribution is -0.125.